The Bertz CT molecular complexity index is 461. The normalized spacial score (nSPS) is 20.6. The molecule has 2 amide bonds. The fourth-order valence-corrected chi connectivity index (χ4v) is 2.54. The van der Waals surface area contributed by atoms with Gasteiger partial charge >= 0.3 is 13.6 Å². The summed E-state index contributed by atoms with van der Waals surface area (Å²) in [7, 11) is -4.49. The molecule has 0 aromatic rings. The molecule has 10 heteroatoms. The van der Waals surface area contributed by atoms with E-state index in [2.05, 4.69) is 5.32 Å². The third-order valence-corrected chi connectivity index (χ3v) is 3.62. The average molecular weight is 308 g/mol. The van der Waals surface area contributed by atoms with Gasteiger partial charge in [0.1, 0.15) is 18.2 Å². The van der Waals surface area contributed by atoms with E-state index in [1.54, 1.807) is 0 Å². The maximum absolute atomic E-state index is 12.0. The molecule has 0 aromatic carbocycles. The molecule has 1 fully saturated rings. The van der Waals surface area contributed by atoms with Gasteiger partial charge in [-0.05, 0) is 19.8 Å². The summed E-state index contributed by atoms with van der Waals surface area (Å²) < 4.78 is 10.7. The molecule has 0 spiro atoms. The first-order valence-corrected chi connectivity index (χ1v) is 7.79. The van der Waals surface area contributed by atoms with Crippen LogP contribution in [0.5, 0.6) is 0 Å². The molecule has 114 valence electrons. The van der Waals surface area contributed by atoms with Crippen LogP contribution < -0.4 is 5.32 Å². The molecule has 0 aromatic heterocycles. The first kappa shape index (κ1) is 16.6. The van der Waals surface area contributed by atoms with Crippen molar-refractivity contribution >= 4 is 25.4 Å². The van der Waals surface area contributed by atoms with Gasteiger partial charge in [-0.15, -0.1) is 0 Å². The second-order valence-corrected chi connectivity index (χ2v) is 6.29. The highest BCUT2D eigenvalue weighted by atomic mass is 31.2. The standard InChI is InChI=1S/C10H17N2O7P/c1-6(11-8(13)5-20(17,18)19)9(14)12-4-2-3-7(12)10(15)16/h6-7H,2-5H2,1H3,(H,11,13)(H,15,16)(H2,17,18,19)/t6-,7-/m0/s1. The number of rotatable bonds is 5. The van der Waals surface area contributed by atoms with E-state index in [0.717, 1.165) is 4.90 Å². The lowest BCUT2D eigenvalue weighted by molar-refractivity contribution is -0.149. The average Bonchev–Trinajstić information content (AvgIpc) is 2.73. The van der Waals surface area contributed by atoms with Crippen LogP contribution in [-0.2, 0) is 18.9 Å². The van der Waals surface area contributed by atoms with Gasteiger partial charge in [0.2, 0.25) is 11.8 Å². The number of aliphatic carboxylic acids is 1. The molecule has 1 aliphatic rings. The topological polar surface area (TPSA) is 144 Å². The third-order valence-electron chi connectivity index (χ3n) is 2.92. The summed E-state index contributed by atoms with van der Waals surface area (Å²) >= 11 is 0. The number of nitrogens with one attached hydrogen (secondary N) is 1. The number of carbonyl (C=O) groups is 3. The first-order valence-electron chi connectivity index (χ1n) is 5.99. The summed E-state index contributed by atoms with van der Waals surface area (Å²) in [5.74, 6) is -2.64. The Balaban J connectivity index is 2.61. The van der Waals surface area contributed by atoms with Gasteiger partial charge in [-0.25, -0.2) is 4.79 Å². The molecule has 2 atom stereocenters. The van der Waals surface area contributed by atoms with Crippen molar-refractivity contribution < 1.29 is 33.8 Å². The fourth-order valence-electron chi connectivity index (χ4n) is 2.07. The van der Waals surface area contributed by atoms with E-state index in [9.17, 15) is 18.9 Å². The van der Waals surface area contributed by atoms with Crippen LogP contribution in [0.2, 0.25) is 0 Å². The minimum absolute atomic E-state index is 0.286. The Hall–Kier alpha value is -1.44. The molecule has 0 radical (unpaired) electrons. The molecule has 20 heavy (non-hydrogen) atoms. The molecule has 9 nitrogen and oxygen atoms in total. The fraction of sp³-hybridized carbons (Fsp3) is 0.700. The number of likely N-dealkylation sites (tertiary alicyclic amines) is 1. The number of hydrogen-bond acceptors (Lipinski definition) is 4. The van der Waals surface area contributed by atoms with Crippen molar-refractivity contribution in [3.8, 4) is 0 Å². The van der Waals surface area contributed by atoms with Crippen molar-refractivity contribution in [1.82, 2.24) is 10.2 Å². The molecule has 1 saturated heterocycles. The van der Waals surface area contributed by atoms with Crippen molar-refractivity contribution in [2.45, 2.75) is 31.8 Å². The Morgan fingerprint density at radius 2 is 2.00 bits per heavy atom. The number of hydrogen-bond donors (Lipinski definition) is 4. The van der Waals surface area contributed by atoms with E-state index in [-0.39, 0.29) is 6.54 Å². The second kappa shape index (κ2) is 6.34. The van der Waals surface area contributed by atoms with E-state index >= 15 is 0 Å². The summed E-state index contributed by atoms with van der Waals surface area (Å²) in [5, 5.41) is 11.1. The molecule has 0 aliphatic carbocycles. The molecular formula is C10H17N2O7P. The lowest BCUT2D eigenvalue weighted by atomic mass is 10.2. The Labute approximate surface area is 115 Å². The van der Waals surface area contributed by atoms with E-state index in [1.807, 2.05) is 0 Å². The predicted octanol–water partition coefficient (Wildman–Crippen LogP) is -1.26. The Morgan fingerprint density at radius 3 is 2.50 bits per heavy atom. The molecule has 0 unspecified atom stereocenters. The highest BCUT2D eigenvalue weighted by molar-refractivity contribution is 7.52. The third kappa shape index (κ3) is 4.59. The van der Waals surface area contributed by atoms with E-state index < -0.39 is 43.6 Å². The Kier molecular flexibility index (Phi) is 5.27. The summed E-state index contributed by atoms with van der Waals surface area (Å²) in [5.41, 5.74) is 0. The molecule has 0 saturated carbocycles. The minimum Gasteiger partial charge on any atom is -0.480 e. The molecule has 0 bridgehead atoms. The van der Waals surface area contributed by atoms with Gasteiger partial charge in [0.15, 0.2) is 0 Å². The molecule has 1 rings (SSSR count). The second-order valence-electron chi connectivity index (χ2n) is 4.64. The van der Waals surface area contributed by atoms with Crippen LogP contribution in [0.3, 0.4) is 0 Å². The maximum atomic E-state index is 12.0. The van der Waals surface area contributed by atoms with Crippen molar-refractivity contribution in [2.75, 3.05) is 12.7 Å². The van der Waals surface area contributed by atoms with Gasteiger partial charge in [-0.3, -0.25) is 14.2 Å². The number of carbonyl (C=O) groups excluding carboxylic acids is 2. The highest BCUT2D eigenvalue weighted by Gasteiger charge is 2.36. The Morgan fingerprint density at radius 1 is 1.40 bits per heavy atom. The highest BCUT2D eigenvalue weighted by Crippen LogP contribution is 2.33. The van der Waals surface area contributed by atoms with Crippen LogP contribution in [0.25, 0.3) is 0 Å². The summed E-state index contributed by atoms with van der Waals surface area (Å²) in [6, 6.07) is -1.95. The number of nitrogens with zero attached hydrogens (tertiary/aromatic N) is 1. The zero-order valence-electron chi connectivity index (χ0n) is 10.9. The van der Waals surface area contributed by atoms with Gasteiger partial charge in [0, 0.05) is 6.54 Å². The molecule has 1 aliphatic heterocycles. The first-order chi connectivity index (χ1) is 9.11. The number of carboxylic acids is 1. The van der Waals surface area contributed by atoms with E-state index in [0.29, 0.717) is 12.8 Å². The lowest BCUT2D eigenvalue weighted by Crippen LogP contribution is -2.50. The van der Waals surface area contributed by atoms with Crippen molar-refractivity contribution in [3.63, 3.8) is 0 Å². The van der Waals surface area contributed by atoms with E-state index in [4.69, 9.17) is 14.9 Å². The van der Waals surface area contributed by atoms with Crippen LogP contribution in [0, 0.1) is 0 Å². The smallest absolute Gasteiger partial charge is 0.334 e. The SMILES string of the molecule is C[C@H](NC(=O)CP(=O)(O)O)C(=O)N1CCC[C@H]1C(=O)O. The van der Waals surface area contributed by atoms with Gasteiger partial charge in [0.05, 0.1) is 0 Å². The van der Waals surface area contributed by atoms with Crippen LogP contribution in [0.15, 0.2) is 0 Å². The molecule has 4 N–H and O–H groups in total. The predicted molar refractivity (Wildman–Crippen MR) is 66.9 cm³/mol. The van der Waals surface area contributed by atoms with Crippen LogP contribution in [0.1, 0.15) is 19.8 Å². The zero-order chi connectivity index (χ0) is 15.5. The van der Waals surface area contributed by atoms with Crippen molar-refractivity contribution in [1.29, 1.82) is 0 Å². The van der Waals surface area contributed by atoms with Crippen molar-refractivity contribution in [2.24, 2.45) is 0 Å². The van der Waals surface area contributed by atoms with Gasteiger partial charge in [0.25, 0.3) is 0 Å². The summed E-state index contributed by atoms with van der Waals surface area (Å²) in [6.07, 6.45) is -0.0942. The van der Waals surface area contributed by atoms with Crippen molar-refractivity contribution in [3.05, 3.63) is 0 Å². The zero-order valence-corrected chi connectivity index (χ0v) is 11.7. The summed E-state index contributed by atoms with van der Waals surface area (Å²) in [6.45, 7) is 1.63. The number of amides is 2. The van der Waals surface area contributed by atoms with Gasteiger partial charge in [-0.1, -0.05) is 0 Å². The number of carboxylic acid groups (broad SMARTS) is 1. The minimum atomic E-state index is -4.49. The van der Waals surface area contributed by atoms with Crippen LogP contribution in [-0.4, -0.2) is 62.4 Å². The molecular weight excluding hydrogens is 291 g/mol. The van der Waals surface area contributed by atoms with Gasteiger partial charge in [-0.2, -0.15) is 0 Å². The largest absolute Gasteiger partial charge is 0.480 e. The molecule has 1 heterocycles. The monoisotopic (exact) mass is 308 g/mol. The van der Waals surface area contributed by atoms with Crippen LogP contribution >= 0.6 is 7.60 Å². The summed E-state index contributed by atoms with van der Waals surface area (Å²) in [4.78, 5) is 52.7. The lowest BCUT2D eigenvalue weighted by Gasteiger charge is -2.25. The van der Waals surface area contributed by atoms with Gasteiger partial charge < -0.3 is 25.1 Å². The van der Waals surface area contributed by atoms with Crippen LogP contribution in [0.4, 0.5) is 0 Å². The van der Waals surface area contributed by atoms with E-state index in [1.165, 1.54) is 6.92 Å². The quantitative estimate of drug-likeness (QED) is 0.464. The maximum Gasteiger partial charge on any atom is 0.334 e.